The maximum absolute atomic E-state index is 13.2. The maximum Gasteiger partial charge on any atom is 0.248 e. The first kappa shape index (κ1) is 14.3. The first-order chi connectivity index (χ1) is 10.1. The van der Waals surface area contributed by atoms with Crippen molar-refractivity contribution < 1.29 is 13.6 Å². The summed E-state index contributed by atoms with van der Waals surface area (Å²) in [6, 6.07) is 10.1. The van der Waals surface area contributed by atoms with Crippen LogP contribution < -0.4 is 0 Å². The Kier molecular flexibility index (Phi) is 4.08. The zero-order valence-corrected chi connectivity index (χ0v) is 12.0. The van der Waals surface area contributed by atoms with Crippen molar-refractivity contribution in [2.75, 3.05) is 13.3 Å². The molecule has 5 heteroatoms. The quantitative estimate of drug-likeness (QED) is 0.846. The molecule has 0 N–H and O–H groups in total. The predicted molar refractivity (Wildman–Crippen MR) is 77.1 cm³/mol. The van der Waals surface area contributed by atoms with E-state index < -0.39 is 5.92 Å². The molecule has 0 unspecified atom stereocenters. The number of hydrogen-bond donors (Lipinski definition) is 0. The van der Waals surface area contributed by atoms with Gasteiger partial charge in [-0.15, -0.1) is 0 Å². The van der Waals surface area contributed by atoms with Gasteiger partial charge < -0.3 is 9.74 Å². The highest BCUT2D eigenvalue weighted by Crippen LogP contribution is 2.36. The topological polar surface area (TPSA) is 24.8 Å². The van der Waals surface area contributed by atoms with Gasteiger partial charge in [-0.3, -0.25) is 0 Å². The number of nitrogens with zero attached hydrogens (tertiary/aromatic N) is 2. The normalized spacial score (nSPS) is 22.0. The number of oxime groups is 1. The van der Waals surface area contributed by atoms with Gasteiger partial charge in [0.25, 0.3) is 0 Å². The van der Waals surface area contributed by atoms with Gasteiger partial charge in [0.2, 0.25) is 5.92 Å². The summed E-state index contributed by atoms with van der Waals surface area (Å²) in [5, 5.41) is 4.10. The molecular formula is C16H20F2N2O. The van der Waals surface area contributed by atoms with Crippen molar-refractivity contribution in [3.8, 4) is 0 Å². The van der Waals surface area contributed by atoms with Crippen LogP contribution in [0.4, 0.5) is 8.78 Å². The standard InChI is InChI=1S/C16H20F2N2O/c17-16(18)8-6-14(7-9-16)11-20-12-21-19-15(20)10-13-4-2-1-3-5-13/h1-5,14H,6-12H2. The van der Waals surface area contributed by atoms with Gasteiger partial charge in [-0.05, 0) is 24.3 Å². The molecule has 0 amide bonds. The van der Waals surface area contributed by atoms with E-state index in [1.165, 1.54) is 5.56 Å². The molecule has 114 valence electrons. The Morgan fingerprint density at radius 1 is 1.19 bits per heavy atom. The van der Waals surface area contributed by atoms with E-state index in [9.17, 15) is 8.78 Å². The van der Waals surface area contributed by atoms with Crippen molar-refractivity contribution in [1.29, 1.82) is 0 Å². The molecule has 0 radical (unpaired) electrons. The smallest absolute Gasteiger partial charge is 0.248 e. The summed E-state index contributed by atoms with van der Waals surface area (Å²) in [7, 11) is 0. The molecule has 1 aromatic carbocycles. The van der Waals surface area contributed by atoms with E-state index in [0.29, 0.717) is 25.5 Å². The van der Waals surface area contributed by atoms with E-state index in [0.717, 1.165) is 18.8 Å². The molecule has 2 aliphatic rings. The minimum atomic E-state index is -2.46. The van der Waals surface area contributed by atoms with Crippen molar-refractivity contribution in [3.63, 3.8) is 0 Å². The zero-order chi connectivity index (χ0) is 14.7. The molecule has 0 saturated heterocycles. The summed E-state index contributed by atoms with van der Waals surface area (Å²) in [6.45, 7) is 1.21. The van der Waals surface area contributed by atoms with E-state index in [4.69, 9.17) is 4.84 Å². The average molecular weight is 294 g/mol. The van der Waals surface area contributed by atoms with Crippen molar-refractivity contribution in [2.24, 2.45) is 11.1 Å². The summed E-state index contributed by atoms with van der Waals surface area (Å²) < 4.78 is 26.4. The lowest BCUT2D eigenvalue weighted by Gasteiger charge is -2.31. The van der Waals surface area contributed by atoms with E-state index in [1.807, 2.05) is 18.2 Å². The minimum Gasteiger partial charge on any atom is -0.372 e. The molecule has 1 aliphatic heterocycles. The Hall–Kier alpha value is -1.65. The molecule has 1 aliphatic carbocycles. The van der Waals surface area contributed by atoms with Crippen LogP contribution >= 0.6 is 0 Å². The third-order valence-electron chi connectivity index (χ3n) is 4.27. The number of alkyl halides is 2. The first-order valence-corrected chi connectivity index (χ1v) is 7.48. The molecule has 21 heavy (non-hydrogen) atoms. The van der Waals surface area contributed by atoms with Crippen LogP contribution in [0.3, 0.4) is 0 Å². The molecule has 0 bridgehead atoms. The first-order valence-electron chi connectivity index (χ1n) is 7.48. The van der Waals surface area contributed by atoms with Crippen molar-refractivity contribution >= 4 is 5.84 Å². The Bertz CT molecular complexity index is 494. The van der Waals surface area contributed by atoms with Crippen LogP contribution in [-0.2, 0) is 11.3 Å². The summed E-state index contributed by atoms with van der Waals surface area (Å²) >= 11 is 0. The van der Waals surface area contributed by atoms with Crippen LogP contribution in [0.25, 0.3) is 0 Å². The van der Waals surface area contributed by atoms with Gasteiger partial charge in [-0.1, -0.05) is 35.5 Å². The summed E-state index contributed by atoms with van der Waals surface area (Å²) in [5.41, 5.74) is 1.18. The van der Waals surface area contributed by atoms with Crippen molar-refractivity contribution in [1.82, 2.24) is 4.90 Å². The Morgan fingerprint density at radius 3 is 2.62 bits per heavy atom. The highest BCUT2D eigenvalue weighted by molar-refractivity contribution is 5.84. The number of rotatable bonds is 4. The lowest BCUT2D eigenvalue weighted by Crippen LogP contribution is -2.36. The molecule has 1 saturated carbocycles. The van der Waals surface area contributed by atoms with Crippen LogP contribution in [0.1, 0.15) is 31.2 Å². The van der Waals surface area contributed by atoms with Gasteiger partial charge in [0.15, 0.2) is 12.6 Å². The number of amidine groups is 1. The third-order valence-corrected chi connectivity index (χ3v) is 4.27. The van der Waals surface area contributed by atoms with Crippen LogP contribution in [-0.4, -0.2) is 29.9 Å². The monoisotopic (exact) mass is 294 g/mol. The fourth-order valence-corrected chi connectivity index (χ4v) is 2.98. The van der Waals surface area contributed by atoms with E-state index in [2.05, 4.69) is 22.2 Å². The van der Waals surface area contributed by atoms with Crippen LogP contribution in [0.5, 0.6) is 0 Å². The average Bonchev–Trinajstić information content (AvgIpc) is 2.89. The SMILES string of the molecule is FC1(F)CCC(CN2CON=C2Cc2ccccc2)CC1. The highest BCUT2D eigenvalue weighted by atomic mass is 19.3. The van der Waals surface area contributed by atoms with Gasteiger partial charge in [-0.2, -0.15) is 0 Å². The van der Waals surface area contributed by atoms with Gasteiger partial charge in [0, 0.05) is 25.8 Å². The summed E-state index contributed by atoms with van der Waals surface area (Å²) in [4.78, 5) is 7.27. The van der Waals surface area contributed by atoms with Crippen LogP contribution in [0.15, 0.2) is 35.5 Å². The lowest BCUT2D eigenvalue weighted by molar-refractivity contribution is -0.0485. The van der Waals surface area contributed by atoms with E-state index in [1.54, 1.807) is 0 Å². The number of halogens is 2. The largest absolute Gasteiger partial charge is 0.372 e. The third kappa shape index (κ3) is 3.71. The molecule has 3 nitrogen and oxygen atoms in total. The maximum atomic E-state index is 13.2. The van der Waals surface area contributed by atoms with Crippen molar-refractivity contribution in [3.05, 3.63) is 35.9 Å². The van der Waals surface area contributed by atoms with Gasteiger partial charge in [0.1, 0.15) is 0 Å². The summed E-state index contributed by atoms with van der Waals surface area (Å²) in [6.07, 6.45) is 1.92. The van der Waals surface area contributed by atoms with Gasteiger partial charge >= 0.3 is 0 Å². The minimum absolute atomic E-state index is 0.0114. The molecular weight excluding hydrogens is 274 g/mol. The second kappa shape index (κ2) is 6.00. The fourth-order valence-electron chi connectivity index (χ4n) is 2.98. The fraction of sp³-hybridized carbons (Fsp3) is 0.562. The molecule has 1 fully saturated rings. The molecule has 0 atom stereocenters. The summed E-state index contributed by atoms with van der Waals surface area (Å²) in [5.74, 6) is -1.25. The highest BCUT2D eigenvalue weighted by Gasteiger charge is 2.36. The van der Waals surface area contributed by atoms with Gasteiger partial charge in [-0.25, -0.2) is 8.78 Å². The number of hydrogen-bond acceptors (Lipinski definition) is 3. The number of benzene rings is 1. The Balaban J connectivity index is 1.55. The second-order valence-electron chi connectivity index (χ2n) is 5.95. The van der Waals surface area contributed by atoms with Crippen LogP contribution in [0, 0.1) is 5.92 Å². The lowest BCUT2D eigenvalue weighted by atomic mass is 9.86. The van der Waals surface area contributed by atoms with E-state index in [-0.39, 0.29) is 12.8 Å². The molecule has 1 aromatic rings. The molecule has 3 rings (SSSR count). The predicted octanol–water partition coefficient (Wildman–Crippen LogP) is 3.66. The van der Waals surface area contributed by atoms with E-state index >= 15 is 0 Å². The zero-order valence-electron chi connectivity index (χ0n) is 12.0. The molecule has 0 aromatic heterocycles. The van der Waals surface area contributed by atoms with Crippen LogP contribution in [0.2, 0.25) is 0 Å². The molecule has 1 heterocycles. The molecule has 0 spiro atoms. The Labute approximate surface area is 123 Å². The second-order valence-corrected chi connectivity index (χ2v) is 5.95. The van der Waals surface area contributed by atoms with Gasteiger partial charge in [0.05, 0.1) is 0 Å². The Morgan fingerprint density at radius 2 is 1.90 bits per heavy atom. The van der Waals surface area contributed by atoms with Crippen molar-refractivity contribution in [2.45, 2.75) is 38.0 Å².